The fourth-order valence-corrected chi connectivity index (χ4v) is 6.28. The van der Waals surface area contributed by atoms with E-state index < -0.39 is 17.5 Å². The molecule has 1 saturated carbocycles. The van der Waals surface area contributed by atoms with Crippen LogP contribution in [-0.4, -0.2) is 53.3 Å². The molecule has 0 radical (unpaired) electrons. The summed E-state index contributed by atoms with van der Waals surface area (Å²) in [5.74, 6) is -0.596. The Kier molecular flexibility index (Phi) is 5.85. The zero-order valence-electron chi connectivity index (χ0n) is 21.2. The predicted octanol–water partition coefficient (Wildman–Crippen LogP) is 3.02. The molecule has 6 amide bonds. The molecule has 2 aliphatic heterocycles. The second-order valence-electron chi connectivity index (χ2n) is 10.7. The first-order chi connectivity index (χ1) is 18.3. The van der Waals surface area contributed by atoms with Crippen LogP contribution < -0.4 is 16.0 Å². The van der Waals surface area contributed by atoms with E-state index in [1.807, 2.05) is 6.07 Å². The van der Waals surface area contributed by atoms with E-state index in [0.717, 1.165) is 40.9 Å². The number of benzene rings is 2. The van der Waals surface area contributed by atoms with Gasteiger partial charge in [-0.1, -0.05) is 12.1 Å². The summed E-state index contributed by atoms with van der Waals surface area (Å²) < 4.78 is 13.9. The van der Waals surface area contributed by atoms with Gasteiger partial charge in [0.15, 0.2) is 0 Å². The van der Waals surface area contributed by atoms with E-state index in [1.165, 1.54) is 13.1 Å². The number of hydrogen-bond acceptors (Lipinski definition) is 4. The van der Waals surface area contributed by atoms with E-state index in [4.69, 9.17) is 0 Å². The monoisotopic (exact) mass is 519 g/mol. The van der Waals surface area contributed by atoms with Gasteiger partial charge in [-0.25, -0.2) is 14.0 Å². The average molecular weight is 520 g/mol. The fraction of sp³-hybridized carbons (Fsp3) is 0.429. The summed E-state index contributed by atoms with van der Waals surface area (Å²) in [4.78, 5) is 55.0. The van der Waals surface area contributed by atoms with Crippen LogP contribution in [-0.2, 0) is 34.5 Å². The third-order valence-electron chi connectivity index (χ3n) is 8.39. The lowest BCUT2D eigenvalue weighted by molar-refractivity contribution is -0.141. The number of anilines is 1. The van der Waals surface area contributed by atoms with Crippen molar-refractivity contribution in [3.05, 3.63) is 64.5 Å². The third-order valence-corrected chi connectivity index (χ3v) is 8.39. The molecule has 4 aliphatic rings. The van der Waals surface area contributed by atoms with Gasteiger partial charge in [0.1, 0.15) is 17.9 Å². The SMILES string of the molecule is CNC(=O)Nc1ccc2c(c1)CC[C@@]21NC(=O)N(CC(=O)N2Cc3ccc(F)cc3CCC2C2CC2)C1=O. The molecule has 0 bridgehead atoms. The molecule has 0 aromatic heterocycles. The van der Waals surface area contributed by atoms with Gasteiger partial charge in [-0.15, -0.1) is 0 Å². The Hall–Kier alpha value is -3.95. The molecule has 6 rings (SSSR count). The largest absolute Gasteiger partial charge is 0.341 e. The van der Waals surface area contributed by atoms with Gasteiger partial charge in [0.2, 0.25) is 5.91 Å². The number of fused-ring (bicyclic) bond motifs is 3. The van der Waals surface area contributed by atoms with E-state index >= 15 is 0 Å². The minimum atomic E-state index is -1.21. The van der Waals surface area contributed by atoms with Gasteiger partial charge < -0.3 is 20.9 Å². The number of carbonyl (C=O) groups is 4. The Labute approximate surface area is 219 Å². The predicted molar refractivity (Wildman–Crippen MR) is 137 cm³/mol. The second kappa shape index (κ2) is 9.11. The van der Waals surface area contributed by atoms with E-state index in [0.29, 0.717) is 43.0 Å². The minimum absolute atomic E-state index is 0.00568. The first-order valence-corrected chi connectivity index (χ1v) is 13.1. The summed E-state index contributed by atoms with van der Waals surface area (Å²) in [7, 11) is 1.53. The van der Waals surface area contributed by atoms with Crippen molar-refractivity contribution >= 4 is 29.6 Å². The van der Waals surface area contributed by atoms with Crippen LogP contribution >= 0.6 is 0 Å². The van der Waals surface area contributed by atoms with Crippen LogP contribution in [0.2, 0.25) is 0 Å². The Balaban J connectivity index is 1.23. The van der Waals surface area contributed by atoms with Crippen molar-refractivity contribution in [1.82, 2.24) is 20.4 Å². The highest BCUT2D eigenvalue weighted by Gasteiger charge is 2.56. The number of nitrogens with one attached hydrogen (secondary N) is 3. The van der Waals surface area contributed by atoms with Crippen molar-refractivity contribution < 1.29 is 23.6 Å². The lowest BCUT2D eigenvalue weighted by Gasteiger charge is -2.31. The highest BCUT2D eigenvalue weighted by molar-refractivity contribution is 6.10. The topological polar surface area (TPSA) is 111 Å². The number of aryl methyl sites for hydroxylation is 2. The number of imide groups is 1. The van der Waals surface area contributed by atoms with E-state index in [1.54, 1.807) is 29.2 Å². The molecule has 2 aromatic carbocycles. The van der Waals surface area contributed by atoms with Crippen molar-refractivity contribution in [3.8, 4) is 0 Å². The smallest absolute Gasteiger partial charge is 0.325 e. The second-order valence-corrected chi connectivity index (χ2v) is 10.7. The standard InChI is InChI=1S/C28H30FN5O4/c1-30-26(37)31-21-7-8-22-18(13-21)10-11-28(22)25(36)34(27(38)32-28)15-24(35)33-14-19-4-6-20(29)12-17(19)5-9-23(33)16-2-3-16/h4,6-8,12-13,16,23H,2-3,5,9-11,14-15H2,1H3,(H,32,38)(H2,30,31,37)/t23?,28-/m1/s1. The molecule has 2 atom stereocenters. The average Bonchev–Trinajstić information content (AvgIpc) is 3.66. The molecule has 1 saturated heterocycles. The number of nitrogens with zero attached hydrogens (tertiary/aromatic N) is 2. The highest BCUT2D eigenvalue weighted by atomic mass is 19.1. The fourth-order valence-electron chi connectivity index (χ4n) is 6.28. The Morgan fingerprint density at radius 2 is 1.87 bits per heavy atom. The first kappa shape index (κ1) is 24.4. The summed E-state index contributed by atoms with van der Waals surface area (Å²) >= 11 is 0. The lowest BCUT2D eigenvalue weighted by Crippen LogP contribution is -2.48. The molecular weight excluding hydrogens is 489 g/mol. The zero-order valence-corrected chi connectivity index (χ0v) is 21.2. The molecule has 2 aliphatic carbocycles. The van der Waals surface area contributed by atoms with Crippen molar-refractivity contribution in [2.45, 2.75) is 56.7 Å². The van der Waals surface area contributed by atoms with Crippen molar-refractivity contribution in [3.63, 3.8) is 0 Å². The molecule has 1 unspecified atom stereocenters. The number of hydrogen-bond donors (Lipinski definition) is 3. The molecule has 2 fully saturated rings. The molecule has 9 nitrogen and oxygen atoms in total. The summed E-state index contributed by atoms with van der Waals surface area (Å²) in [5, 5.41) is 8.09. The lowest BCUT2D eigenvalue weighted by atomic mass is 9.91. The highest BCUT2D eigenvalue weighted by Crippen LogP contribution is 2.43. The van der Waals surface area contributed by atoms with Gasteiger partial charge >= 0.3 is 12.1 Å². The number of rotatable bonds is 4. The quantitative estimate of drug-likeness (QED) is 0.540. The van der Waals surface area contributed by atoms with Crippen LogP contribution in [0.1, 0.15) is 47.9 Å². The third kappa shape index (κ3) is 4.08. The maximum absolute atomic E-state index is 13.9. The number of urea groups is 2. The van der Waals surface area contributed by atoms with Crippen LogP contribution in [0.3, 0.4) is 0 Å². The summed E-state index contributed by atoms with van der Waals surface area (Å²) in [6.45, 7) is 0.00611. The molecule has 198 valence electrons. The van der Waals surface area contributed by atoms with Crippen LogP contribution in [0, 0.1) is 11.7 Å². The van der Waals surface area contributed by atoms with Gasteiger partial charge in [-0.3, -0.25) is 14.5 Å². The van der Waals surface area contributed by atoms with Crippen LogP contribution in [0.5, 0.6) is 0 Å². The zero-order chi connectivity index (χ0) is 26.6. The molecule has 10 heteroatoms. The molecular formula is C28H30FN5O4. The van der Waals surface area contributed by atoms with E-state index in [-0.39, 0.29) is 30.3 Å². The van der Waals surface area contributed by atoms with Gasteiger partial charge in [0.25, 0.3) is 5.91 Å². The van der Waals surface area contributed by atoms with Crippen LogP contribution in [0.25, 0.3) is 0 Å². The van der Waals surface area contributed by atoms with Crippen LogP contribution in [0.4, 0.5) is 19.7 Å². The first-order valence-electron chi connectivity index (χ1n) is 13.1. The molecule has 2 heterocycles. The normalized spacial score (nSPS) is 24.1. The van der Waals surface area contributed by atoms with Gasteiger partial charge in [-0.2, -0.15) is 0 Å². The summed E-state index contributed by atoms with van der Waals surface area (Å²) in [6, 6.07) is 9.02. The van der Waals surface area contributed by atoms with Gasteiger partial charge in [0.05, 0.1) is 0 Å². The summed E-state index contributed by atoms with van der Waals surface area (Å²) in [6.07, 6.45) is 4.44. The maximum atomic E-state index is 13.9. The molecule has 3 N–H and O–H groups in total. The number of halogens is 1. The Morgan fingerprint density at radius 3 is 2.63 bits per heavy atom. The van der Waals surface area contributed by atoms with E-state index in [9.17, 15) is 23.6 Å². The molecule has 2 aromatic rings. The summed E-state index contributed by atoms with van der Waals surface area (Å²) in [5.41, 5.74) is 2.75. The van der Waals surface area contributed by atoms with Crippen molar-refractivity contribution in [2.24, 2.45) is 5.92 Å². The maximum Gasteiger partial charge on any atom is 0.325 e. The van der Waals surface area contributed by atoms with E-state index in [2.05, 4.69) is 16.0 Å². The van der Waals surface area contributed by atoms with Crippen LogP contribution in [0.15, 0.2) is 36.4 Å². The number of carbonyl (C=O) groups excluding carboxylic acids is 4. The van der Waals surface area contributed by atoms with Crippen molar-refractivity contribution in [2.75, 3.05) is 18.9 Å². The van der Waals surface area contributed by atoms with Gasteiger partial charge in [0, 0.05) is 25.3 Å². The molecule has 1 spiro atoms. The number of amides is 6. The Bertz CT molecular complexity index is 1360. The minimum Gasteiger partial charge on any atom is -0.341 e. The Morgan fingerprint density at radius 1 is 1.05 bits per heavy atom. The van der Waals surface area contributed by atoms with Crippen molar-refractivity contribution in [1.29, 1.82) is 0 Å². The van der Waals surface area contributed by atoms with Gasteiger partial charge in [-0.05, 0) is 91.0 Å². The molecule has 38 heavy (non-hydrogen) atoms.